The molecule has 0 radical (unpaired) electrons. The van der Waals surface area contributed by atoms with Crippen LogP contribution in [0.15, 0.2) is 12.1 Å². The van der Waals surface area contributed by atoms with Gasteiger partial charge in [0, 0.05) is 12.6 Å². The van der Waals surface area contributed by atoms with E-state index in [-0.39, 0.29) is 34.2 Å². The molecule has 1 fully saturated rings. The Hall–Kier alpha value is -1.17. The third-order valence-electron chi connectivity index (χ3n) is 4.19. The molecular weight excluding hydrogens is 387 g/mol. The molecule has 0 spiro atoms. The van der Waals surface area contributed by atoms with Crippen LogP contribution in [-0.4, -0.2) is 30.5 Å². The van der Waals surface area contributed by atoms with Crippen LogP contribution in [0.1, 0.15) is 39.0 Å². The van der Waals surface area contributed by atoms with Gasteiger partial charge in [0.1, 0.15) is 11.3 Å². The maximum atomic E-state index is 12.4. The Kier molecular flexibility index (Phi) is 7.23. The van der Waals surface area contributed by atoms with Crippen LogP contribution >= 0.6 is 34.8 Å². The van der Waals surface area contributed by atoms with E-state index < -0.39 is 5.54 Å². The van der Waals surface area contributed by atoms with Crippen molar-refractivity contribution in [3.05, 3.63) is 27.2 Å². The van der Waals surface area contributed by atoms with Crippen molar-refractivity contribution in [2.75, 3.05) is 13.2 Å². The van der Waals surface area contributed by atoms with Gasteiger partial charge >= 0.3 is 0 Å². The van der Waals surface area contributed by atoms with Gasteiger partial charge < -0.3 is 15.4 Å². The topological polar surface area (TPSA) is 67.4 Å². The summed E-state index contributed by atoms with van der Waals surface area (Å²) in [6.07, 6.45) is 4.11. The molecule has 1 aromatic rings. The third kappa shape index (κ3) is 5.16. The lowest BCUT2D eigenvalue weighted by Crippen LogP contribution is -2.60. The maximum Gasteiger partial charge on any atom is 0.258 e. The zero-order valence-electron chi connectivity index (χ0n) is 14.0. The van der Waals surface area contributed by atoms with Crippen molar-refractivity contribution < 1.29 is 14.3 Å². The predicted molar refractivity (Wildman–Crippen MR) is 99.6 cm³/mol. The number of carbonyl (C=O) groups excluding carboxylic acids is 2. The van der Waals surface area contributed by atoms with Gasteiger partial charge in [0.2, 0.25) is 5.91 Å². The summed E-state index contributed by atoms with van der Waals surface area (Å²) < 4.78 is 5.44. The summed E-state index contributed by atoms with van der Waals surface area (Å²) in [6, 6.07) is 2.91. The van der Waals surface area contributed by atoms with Crippen LogP contribution in [0.4, 0.5) is 0 Å². The molecule has 2 amide bonds. The van der Waals surface area contributed by atoms with Gasteiger partial charge in [0.25, 0.3) is 5.91 Å². The van der Waals surface area contributed by atoms with E-state index in [1.165, 1.54) is 12.1 Å². The Morgan fingerprint density at radius 1 is 1.08 bits per heavy atom. The van der Waals surface area contributed by atoms with Crippen LogP contribution in [0.5, 0.6) is 5.75 Å². The minimum absolute atomic E-state index is 0.143. The molecule has 0 saturated heterocycles. The van der Waals surface area contributed by atoms with Gasteiger partial charge in [-0.25, -0.2) is 0 Å². The first-order valence-electron chi connectivity index (χ1n) is 8.24. The lowest BCUT2D eigenvalue weighted by atomic mass is 9.80. The van der Waals surface area contributed by atoms with Crippen LogP contribution in [0.3, 0.4) is 0 Å². The molecule has 0 heterocycles. The van der Waals surface area contributed by atoms with E-state index in [4.69, 9.17) is 39.5 Å². The van der Waals surface area contributed by atoms with Crippen molar-refractivity contribution in [3.63, 3.8) is 0 Å². The number of benzene rings is 1. The molecule has 0 aliphatic heterocycles. The van der Waals surface area contributed by atoms with E-state index in [0.717, 1.165) is 19.3 Å². The standard InChI is InChI=1S/C17H21Cl3N2O3/c1-2-21-16(24)17(6-4-3-5-7-17)22-15(23)10-25-14-9-12(19)11(18)8-13(14)20/h8-9H,2-7,10H2,1H3,(H,21,24)(H,22,23). The molecule has 2 N–H and O–H groups in total. The number of nitrogens with one attached hydrogen (secondary N) is 2. The summed E-state index contributed by atoms with van der Waals surface area (Å²) >= 11 is 17.8. The molecule has 1 aliphatic carbocycles. The first kappa shape index (κ1) is 20.1. The number of rotatable bonds is 6. The summed E-state index contributed by atoms with van der Waals surface area (Å²) in [5.74, 6) is -0.257. The van der Waals surface area contributed by atoms with E-state index >= 15 is 0 Å². The van der Waals surface area contributed by atoms with Gasteiger partial charge in [-0.1, -0.05) is 54.1 Å². The number of likely N-dealkylation sites (N-methyl/N-ethyl adjacent to an activating group) is 1. The van der Waals surface area contributed by atoms with Crippen molar-refractivity contribution in [2.24, 2.45) is 0 Å². The first-order chi connectivity index (χ1) is 11.9. The van der Waals surface area contributed by atoms with Crippen LogP contribution in [0.25, 0.3) is 0 Å². The number of amides is 2. The summed E-state index contributed by atoms with van der Waals surface area (Å²) in [7, 11) is 0. The molecule has 1 aromatic carbocycles. The average molecular weight is 408 g/mol. The average Bonchev–Trinajstić information content (AvgIpc) is 2.58. The van der Waals surface area contributed by atoms with Gasteiger partial charge in [-0.3, -0.25) is 9.59 Å². The van der Waals surface area contributed by atoms with E-state index in [2.05, 4.69) is 10.6 Å². The molecule has 25 heavy (non-hydrogen) atoms. The predicted octanol–water partition coefficient (Wildman–Crippen LogP) is 3.98. The molecule has 2 rings (SSSR count). The van der Waals surface area contributed by atoms with E-state index in [9.17, 15) is 9.59 Å². The molecule has 0 unspecified atom stereocenters. The summed E-state index contributed by atoms with van der Waals surface area (Å²) in [4.78, 5) is 24.8. The van der Waals surface area contributed by atoms with Crippen LogP contribution in [0, 0.1) is 0 Å². The highest BCUT2D eigenvalue weighted by atomic mass is 35.5. The number of carbonyl (C=O) groups is 2. The van der Waals surface area contributed by atoms with Gasteiger partial charge in [-0.05, 0) is 25.8 Å². The Labute approximate surface area is 162 Å². The van der Waals surface area contributed by atoms with Crippen molar-refractivity contribution in [1.82, 2.24) is 10.6 Å². The molecule has 0 aromatic heterocycles. The van der Waals surface area contributed by atoms with Gasteiger partial charge in [-0.15, -0.1) is 0 Å². The summed E-state index contributed by atoms with van der Waals surface area (Å²) in [6.45, 7) is 2.11. The fraction of sp³-hybridized carbons (Fsp3) is 0.529. The molecule has 1 aliphatic rings. The highest BCUT2D eigenvalue weighted by Crippen LogP contribution is 2.34. The molecule has 138 valence electrons. The Morgan fingerprint density at radius 2 is 1.72 bits per heavy atom. The number of halogens is 3. The Bertz CT molecular complexity index is 646. The number of hydrogen-bond acceptors (Lipinski definition) is 3. The van der Waals surface area contributed by atoms with Crippen molar-refractivity contribution in [3.8, 4) is 5.75 Å². The second kappa shape index (κ2) is 8.97. The number of ether oxygens (including phenoxy) is 1. The van der Waals surface area contributed by atoms with Gasteiger partial charge in [0.05, 0.1) is 15.1 Å². The Balaban J connectivity index is 2.02. The van der Waals surface area contributed by atoms with Crippen molar-refractivity contribution in [1.29, 1.82) is 0 Å². The van der Waals surface area contributed by atoms with E-state index in [0.29, 0.717) is 24.4 Å². The fourth-order valence-electron chi connectivity index (χ4n) is 2.96. The molecule has 0 bridgehead atoms. The quantitative estimate of drug-likeness (QED) is 0.701. The molecule has 0 atom stereocenters. The monoisotopic (exact) mass is 406 g/mol. The largest absolute Gasteiger partial charge is 0.482 e. The highest BCUT2D eigenvalue weighted by Gasteiger charge is 2.40. The number of hydrogen-bond donors (Lipinski definition) is 2. The lowest BCUT2D eigenvalue weighted by Gasteiger charge is -2.36. The zero-order valence-corrected chi connectivity index (χ0v) is 16.2. The minimum atomic E-state index is -0.865. The van der Waals surface area contributed by atoms with Gasteiger partial charge in [-0.2, -0.15) is 0 Å². The summed E-state index contributed by atoms with van der Waals surface area (Å²) in [5, 5.41) is 6.52. The molecule has 8 heteroatoms. The maximum absolute atomic E-state index is 12.4. The van der Waals surface area contributed by atoms with Gasteiger partial charge in [0.15, 0.2) is 6.61 Å². The third-order valence-corrected chi connectivity index (χ3v) is 5.21. The SMILES string of the molecule is CCNC(=O)C1(NC(=O)COc2cc(Cl)c(Cl)cc2Cl)CCCCC1. The van der Waals surface area contributed by atoms with E-state index in [1.807, 2.05) is 6.92 Å². The Morgan fingerprint density at radius 3 is 2.36 bits per heavy atom. The second-order valence-corrected chi connectivity index (χ2v) is 7.26. The minimum Gasteiger partial charge on any atom is -0.482 e. The van der Waals surface area contributed by atoms with Crippen molar-refractivity contribution in [2.45, 2.75) is 44.6 Å². The van der Waals surface area contributed by atoms with Crippen molar-refractivity contribution >= 4 is 46.6 Å². The second-order valence-electron chi connectivity index (χ2n) is 6.04. The zero-order chi connectivity index (χ0) is 18.4. The fourth-order valence-corrected chi connectivity index (χ4v) is 3.55. The smallest absolute Gasteiger partial charge is 0.258 e. The summed E-state index contributed by atoms with van der Waals surface area (Å²) in [5.41, 5.74) is -0.865. The van der Waals surface area contributed by atoms with Crippen LogP contribution < -0.4 is 15.4 Å². The molecule has 1 saturated carbocycles. The lowest BCUT2D eigenvalue weighted by molar-refractivity contribution is -0.135. The van der Waals surface area contributed by atoms with E-state index in [1.54, 1.807) is 0 Å². The molecule has 5 nitrogen and oxygen atoms in total. The normalized spacial score (nSPS) is 16.2. The molecular formula is C17H21Cl3N2O3. The van der Waals surface area contributed by atoms with Crippen LogP contribution in [-0.2, 0) is 9.59 Å². The first-order valence-corrected chi connectivity index (χ1v) is 9.38. The highest BCUT2D eigenvalue weighted by molar-refractivity contribution is 6.43. The van der Waals surface area contributed by atoms with Crippen LogP contribution in [0.2, 0.25) is 15.1 Å².